The summed E-state index contributed by atoms with van der Waals surface area (Å²) < 4.78 is 10.3. The highest BCUT2D eigenvalue weighted by atomic mass is 16.6. The van der Waals surface area contributed by atoms with Gasteiger partial charge in [-0.25, -0.2) is 4.79 Å². The van der Waals surface area contributed by atoms with Gasteiger partial charge in [0.15, 0.2) is 0 Å². The second kappa shape index (κ2) is 6.74. The van der Waals surface area contributed by atoms with E-state index < -0.39 is 18.0 Å². The topological polar surface area (TPSA) is 76.1 Å². The van der Waals surface area contributed by atoms with E-state index in [0.29, 0.717) is 25.7 Å². The van der Waals surface area contributed by atoms with Crippen LogP contribution in [0.25, 0.3) is 0 Å². The normalized spacial score (nSPS) is 27.3. The van der Waals surface area contributed by atoms with E-state index in [4.69, 9.17) is 9.47 Å². The van der Waals surface area contributed by atoms with Crippen LogP contribution in [0.3, 0.4) is 0 Å². The van der Waals surface area contributed by atoms with E-state index in [1.807, 2.05) is 0 Å². The van der Waals surface area contributed by atoms with Crippen LogP contribution in [0.15, 0.2) is 12.7 Å². The molecule has 0 aromatic rings. The minimum absolute atomic E-state index is 0.00678. The third kappa shape index (κ3) is 3.30. The van der Waals surface area contributed by atoms with Gasteiger partial charge >= 0.3 is 12.1 Å². The fraction of sp³-hybridized carbons (Fsp3) is 0.714. The Morgan fingerprint density at radius 3 is 2.65 bits per heavy atom. The van der Waals surface area contributed by atoms with Crippen molar-refractivity contribution < 1.29 is 24.2 Å². The van der Waals surface area contributed by atoms with Gasteiger partial charge in [0, 0.05) is 26.3 Å². The maximum absolute atomic E-state index is 11.8. The van der Waals surface area contributed by atoms with Crippen LogP contribution in [0.2, 0.25) is 0 Å². The third-order valence-corrected chi connectivity index (χ3v) is 4.14. The number of likely N-dealkylation sites (tertiary alicyclic amines) is 1. The van der Waals surface area contributed by atoms with Gasteiger partial charge < -0.3 is 19.5 Å². The summed E-state index contributed by atoms with van der Waals surface area (Å²) in [5.74, 6) is -1.04. The Morgan fingerprint density at radius 2 is 2.05 bits per heavy atom. The van der Waals surface area contributed by atoms with Gasteiger partial charge in [-0.2, -0.15) is 0 Å². The molecule has 0 bridgehead atoms. The lowest BCUT2D eigenvalue weighted by atomic mass is 9.80. The smallest absolute Gasteiger partial charge is 0.410 e. The number of hydrogen-bond donors (Lipinski definition) is 1. The van der Waals surface area contributed by atoms with E-state index in [2.05, 4.69) is 6.58 Å². The van der Waals surface area contributed by atoms with Gasteiger partial charge in [0.1, 0.15) is 6.61 Å². The van der Waals surface area contributed by atoms with Crippen molar-refractivity contribution in [2.45, 2.75) is 12.8 Å². The van der Waals surface area contributed by atoms with Crippen LogP contribution in [0.4, 0.5) is 4.79 Å². The minimum atomic E-state index is -0.833. The molecule has 0 spiro atoms. The van der Waals surface area contributed by atoms with Crippen molar-refractivity contribution in [2.75, 3.05) is 32.9 Å². The first-order valence-electron chi connectivity index (χ1n) is 6.96. The van der Waals surface area contributed by atoms with Crippen molar-refractivity contribution in [1.82, 2.24) is 4.90 Å². The molecule has 0 aromatic heterocycles. The fourth-order valence-electron chi connectivity index (χ4n) is 3.08. The van der Waals surface area contributed by atoms with E-state index >= 15 is 0 Å². The molecule has 2 rings (SSSR count). The van der Waals surface area contributed by atoms with Crippen LogP contribution in [-0.4, -0.2) is 55.0 Å². The summed E-state index contributed by atoms with van der Waals surface area (Å²) in [6.07, 6.45) is 2.78. The summed E-state index contributed by atoms with van der Waals surface area (Å²) in [5.41, 5.74) is 0. The summed E-state index contributed by atoms with van der Waals surface area (Å²) in [4.78, 5) is 24.8. The number of amides is 1. The second-order valence-electron chi connectivity index (χ2n) is 5.33. The summed E-state index contributed by atoms with van der Waals surface area (Å²) in [6.45, 7) is 5.67. The van der Waals surface area contributed by atoms with Crippen molar-refractivity contribution >= 4 is 12.1 Å². The van der Waals surface area contributed by atoms with Crippen molar-refractivity contribution in [3.63, 3.8) is 0 Å². The zero-order chi connectivity index (χ0) is 14.5. The van der Waals surface area contributed by atoms with Crippen LogP contribution in [-0.2, 0) is 14.3 Å². The van der Waals surface area contributed by atoms with Crippen LogP contribution >= 0.6 is 0 Å². The Balaban J connectivity index is 2.00. The Kier molecular flexibility index (Phi) is 5.00. The average Bonchev–Trinajstić information content (AvgIpc) is 2.91. The summed E-state index contributed by atoms with van der Waals surface area (Å²) in [7, 11) is 0. The number of carboxylic acid groups (broad SMARTS) is 1. The van der Waals surface area contributed by atoms with Gasteiger partial charge in [-0.05, 0) is 24.7 Å². The molecule has 0 radical (unpaired) electrons. The molecule has 112 valence electrons. The Morgan fingerprint density at radius 1 is 1.35 bits per heavy atom. The third-order valence-electron chi connectivity index (χ3n) is 4.14. The number of carbonyl (C=O) groups excluding carboxylic acids is 1. The number of nitrogens with zero attached hydrogens (tertiary/aromatic N) is 1. The van der Waals surface area contributed by atoms with Gasteiger partial charge in [0.2, 0.25) is 0 Å². The van der Waals surface area contributed by atoms with Crippen LogP contribution in [0, 0.1) is 17.8 Å². The molecule has 2 aliphatic rings. The molecule has 0 aliphatic carbocycles. The molecule has 6 nitrogen and oxygen atoms in total. The van der Waals surface area contributed by atoms with E-state index in [9.17, 15) is 14.7 Å². The van der Waals surface area contributed by atoms with Crippen LogP contribution in [0.5, 0.6) is 0 Å². The first-order valence-corrected chi connectivity index (χ1v) is 6.96. The van der Waals surface area contributed by atoms with E-state index in [1.165, 1.54) is 11.0 Å². The lowest BCUT2D eigenvalue weighted by Crippen LogP contribution is -2.32. The second-order valence-corrected chi connectivity index (χ2v) is 5.33. The SMILES string of the molecule is C=CCOC(=O)N1C[C@@H](C(=O)O)[C@H](C2CCOCC2)C1. The number of aliphatic carboxylic acids is 1. The van der Waals surface area contributed by atoms with Gasteiger partial charge in [-0.15, -0.1) is 0 Å². The summed E-state index contributed by atoms with van der Waals surface area (Å²) in [5, 5.41) is 9.36. The number of carbonyl (C=O) groups is 2. The molecular formula is C14H21NO5. The Labute approximate surface area is 118 Å². The highest BCUT2D eigenvalue weighted by molar-refractivity contribution is 5.74. The van der Waals surface area contributed by atoms with Crippen molar-refractivity contribution in [3.05, 3.63) is 12.7 Å². The number of carboxylic acids is 1. The van der Waals surface area contributed by atoms with Crippen molar-refractivity contribution in [3.8, 4) is 0 Å². The number of hydrogen-bond acceptors (Lipinski definition) is 4. The molecule has 0 aromatic carbocycles. The first kappa shape index (κ1) is 14.8. The summed E-state index contributed by atoms with van der Waals surface area (Å²) >= 11 is 0. The number of rotatable bonds is 4. The molecule has 0 unspecified atom stereocenters. The standard InChI is InChI=1S/C14H21NO5/c1-2-5-20-14(18)15-8-11(12(9-15)13(16)17)10-3-6-19-7-4-10/h2,10-12H,1,3-9H2,(H,16,17)/t11-,12+/m0/s1. The molecule has 2 aliphatic heterocycles. The fourth-order valence-corrected chi connectivity index (χ4v) is 3.08. The minimum Gasteiger partial charge on any atom is -0.481 e. The van der Waals surface area contributed by atoms with Gasteiger partial charge in [0.05, 0.1) is 5.92 Å². The maximum Gasteiger partial charge on any atom is 0.410 e. The number of ether oxygens (including phenoxy) is 2. The zero-order valence-corrected chi connectivity index (χ0v) is 11.5. The molecular weight excluding hydrogens is 262 g/mol. The van der Waals surface area contributed by atoms with E-state index in [1.54, 1.807) is 0 Å². The molecule has 1 amide bonds. The molecule has 0 saturated carbocycles. The van der Waals surface area contributed by atoms with Crippen molar-refractivity contribution in [2.24, 2.45) is 17.8 Å². The quantitative estimate of drug-likeness (QED) is 0.789. The van der Waals surface area contributed by atoms with Crippen molar-refractivity contribution in [1.29, 1.82) is 0 Å². The zero-order valence-electron chi connectivity index (χ0n) is 11.5. The molecule has 20 heavy (non-hydrogen) atoms. The monoisotopic (exact) mass is 283 g/mol. The molecule has 2 heterocycles. The van der Waals surface area contributed by atoms with Gasteiger partial charge in [-0.3, -0.25) is 4.79 Å². The molecule has 2 atom stereocenters. The Bertz CT molecular complexity index is 378. The molecule has 6 heteroatoms. The molecule has 2 saturated heterocycles. The van der Waals surface area contributed by atoms with Gasteiger partial charge in [-0.1, -0.05) is 12.7 Å². The molecule has 1 N–H and O–H groups in total. The largest absolute Gasteiger partial charge is 0.481 e. The Hall–Kier alpha value is -1.56. The van der Waals surface area contributed by atoms with Crippen LogP contribution < -0.4 is 0 Å². The predicted molar refractivity (Wildman–Crippen MR) is 71.3 cm³/mol. The van der Waals surface area contributed by atoms with E-state index in [0.717, 1.165) is 12.8 Å². The first-order chi connectivity index (χ1) is 9.63. The lowest BCUT2D eigenvalue weighted by molar-refractivity contribution is -0.143. The lowest BCUT2D eigenvalue weighted by Gasteiger charge is -2.29. The predicted octanol–water partition coefficient (Wildman–Crippen LogP) is 1.37. The highest BCUT2D eigenvalue weighted by Crippen LogP contribution is 2.35. The van der Waals surface area contributed by atoms with Gasteiger partial charge in [0.25, 0.3) is 0 Å². The van der Waals surface area contributed by atoms with Crippen LogP contribution in [0.1, 0.15) is 12.8 Å². The highest BCUT2D eigenvalue weighted by Gasteiger charge is 2.44. The average molecular weight is 283 g/mol. The summed E-state index contributed by atoms with van der Waals surface area (Å²) in [6, 6.07) is 0. The maximum atomic E-state index is 11.8. The molecule has 2 fully saturated rings. The van der Waals surface area contributed by atoms with E-state index in [-0.39, 0.29) is 19.1 Å².